The van der Waals surface area contributed by atoms with Crippen LogP contribution in [-0.4, -0.2) is 37.3 Å². The number of sulfonamides is 1. The Labute approximate surface area is 232 Å². The van der Waals surface area contributed by atoms with Crippen LogP contribution in [0.15, 0.2) is 53.1 Å². The molecule has 0 aliphatic heterocycles. The Bertz CT molecular complexity index is 1370. The molecule has 9 heteroatoms. The number of nitrogens with one attached hydrogen (secondary N) is 1. The first-order valence-corrected chi connectivity index (χ1v) is 15.6. The Balaban J connectivity index is 1.42. The molecule has 39 heavy (non-hydrogen) atoms. The Morgan fingerprint density at radius 1 is 1.05 bits per heavy atom. The highest BCUT2D eigenvalue weighted by Gasteiger charge is 2.34. The van der Waals surface area contributed by atoms with Crippen LogP contribution in [0.2, 0.25) is 0 Å². The third-order valence-corrected chi connectivity index (χ3v) is 7.67. The van der Waals surface area contributed by atoms with Crippen molar-refractivity contribution in [3.8, 4) is 11.1 Å². The standard InChI is InChI=1S/C30H40N4O4S/c1-21-18-24(19-21)28(35)34(17-8-6-7-12-27-31-29(38-32-27)30(2,3)4)26-11-9-10-23(20-26)22-13-15-25(16-14-22)33-39(5,36)37/h9-11,13-16,20-21,24,33H,6-8,12,17-19H2,1-5H3. The number of carbonyl (C=O) groups excluding carboxylic acids is 1. The van der Waals surface area contributed by atoms with Gasteiger partial charge < -0.3 is 9.42 Å². The van der Waals surface area contributed by atoms with Crippen molar-refractivity contribution in [1.82, 2.24) is 10.1 Å². The van der Waals surface area contributed by atoms with Gasteiger partial charge in [-0.15, -0.1) is 0 Å². The van der Waals surface area contributed by atoms with E-state index >= 15 is 0 Å². The summed E-state index contributed by atoms with van der Waals surface area (Å²) < 4.78 is 30.9. The molecule has 0 saturated heterocycles. The molecule has 0 unspecified atom stereocenters. The first-order valence-electron chi connectivity index (χ1n) is 13.7. The van der Waals surface area contributed by atoms with Crippen LogP contribution in [0, 0.1) is 11.8 Å². The predicted molar refractivity (Wildman–Crippen MR) is 155 cm³/mol. The van der Waals surface area contributed by atoms with Crippen LogP contribution < -0.4 is 9.62 Å². The molecule has 0 atom stereocenters. The molecule has 1 aliphatic carbocycles. The Kier molecular flexibility index (Phi) is 8.79. The fourth-order valence-electron chi connectivity index (χ4n) is 4.88. The lowest BCUT2D eigenvalue weighted by Crippen LogP contribution is -2.42. The van der Waals surface area contributed by atoms with E-state index in [0.717, 1.165) is 67.4 Å². The largest absolute Gasteiger partial charge is 0.339 e. The number of carbonyl (C=O) groups is 1. The zero-order chi connectivity index (χ0) is 28.2. The fraction of sp³-hybridized carbons (Fsp3) is 0.500. The van der Waals surface area contributed by atoms with Gasteiger partial charge in [0.15, 0.2) is 5.82 Å². The molecule has 1 N–H and O–H groups in total. The number of hydrogen-bond acceptors (Lipinski definition) is 6. The van der Waals surface area contributed by atoms with Crippen molar-refractivity contribution in [3.63, 3.8) is 0 Å². The van der Waals surface area contributed by atoms with Crippen molar-refractivity contribution in [3.05, 3.63) is 60.2 Å². The van der Waals surface area contributed by atoms with E-state index in [2.05, 4.69) is 42.6 Å². The number of unbranched alkanes of at least 4 members (excludes halogenated alkanes) is 2. The molecule has 0 bridgehead atoms. The van der Waals surface area contributed by atoms with Gasteiger partial charge in [0.05, 0.1) is 6.26 Å². The summed E-state index contributed by atoms with van der Waals surface area (Å²) in [6.07, 6.45) is 6.54. The lowest BCUT2D eigenvalue weighted by Gasteiger charge is -2.36. The number of hydrogen-bond donors (Lipinski definition) is 1. The molecular weight excluding hydrogens is 512 g/mol. The van der Waals surface area contributed by atoms with Crippen molar-refractivity contribution in [2.75, 3.05) is 22.4 Å². The lowest BCUT2D eigenvalue weighted by molar-refractivity contribution is -0.126. The summed E-state index contributed by atoms with van der Waals surface area (Å²) in [5.41, 5.74) is 3.18. The maximum Gasteiger partial charge on any atom is 0.232 e. The summed E-state index contributed by atoms with van der Waals surface area (Å²) in [7, 11) is -3.33. The Morgan fingerprint density at radius 2 is 1.77 bits per heavy atom. The topological polar surface area (TPSA) is 105 Å². The van der Waals surface area contributed by atoms with Gasteiger partial charge in [0.25, 0.3) is 0 Å². The Morgan fingerprint density at radius 3 is 2.38 bits per heavy atom. The maximum absolute atomic E-state index is 13.5. The molecule has 1 fully saturated rings. The van der Waals surface area contributed by atoms with Crippen LogP contribution in [0.25, 0.3) is 11.1 Å². The zero-order valence-electron chi connectivity index (χ0n) is 23.6. The normalized spacial score (nSPS) is 17.5. The SMILES string of the molecule is CC1CC(C(=O)N(CCCCCc2noc(C(C)(C)C)n2)c2cccc(-c3ccc(NS(C)(=O)=O)cc3)c2)C1. The molecule has 3 aromatic rings. The van der Waals surface area contributed by atoms with E-state index in [0.29, 0.717) is 24.0 Å². The summed E-state index contributed by atoms with van der Waals surface area (Å²) in [5, 5.41) is 4.12. The molecular formula is C30H40N4O4S. The molecule has 1 aromatic heterocycles. The molecule has 2 aromatic carbocycles. The van der Waals surface area contributed by atoms with E-state index in [9.17, 15) is 13.2 Å². The molecule has 1 saturated carbocycles. The smallest absolute Gasteiger partial charge is 0.232 e. The number of amides is 1. The van der Waals surface area contributed by atoms with E-state index in [1.807, 2.05) is 41.3 Å². The van der Waals surface area contributed by atoms with Crippen molar-refractivity contribution >= 4 is 27.3 Å². The molecule has 1 heterocycles. The summed E-state index contributed by atoms with van der Waals surface area (Å²) >= 11 is 0. The maximum atomic E-state index is 13.5. The number of rotatable bonds is 11. The van der Waals surface area contributed by atoms with Crippen molar-refractivity contribution in [2.45, 2.75) is 71.6 Å². The van der Waals surface area contributed by atoms with Gasteiger partial charge in [-0.05, 0) is 67.0 Å². The molecule has 0 spiro atoms. The van der Waals surface area contributed by atoms with E-state index in [1.165, 1.54) is 0 Å². The van der Waals surface area contributed by atoms with Crippen LogP contribution in [0.5, 0.6) is 0 Å². The summed E-state index contributed by atoms with van der Waals surface area (Å²) in [6.45, 7) is 9.01. The average Bonchev–Trinajstić information content (AvgIpc) is 3.33. The second-order valence-corrected chi connectivity index (χ2v) is 13.6. The van der Waals surface area contributed by atoms with Crippen molar-refractivity contribution < 1.29 is 17.7 Å². The number of aryl methyl sites for hydroxylation is 1. The van der Waals surface area contributed by atoms with Gasteiger partial charge in [0.1, 0.15) is 0 Å². The van der Waals surface area contributed by atoms with E-state index < -0.39 is 10.0 Å². The van der Waals surface area contributed by atoms with Crippen molar-refractivity contribution in [1.29, 1.82) is 0 Å². The summed E-state index contributed by atoms with van der Waals surface area (Å²) in [6, 6.07) is 15.3. The minimum atomic E-state index is -3.33. The van der Waals surface area contributed by atoms with Gasteiger partial charge >= 0.3 is 0 Å². The highest BCUT2D eigenvalue weighted by molar-refractivity contribution is 7.92. The van der Waals surface area contributed by atoms with E-state index in [-0.39, 0.29) is 17.2 Å². The molecule has 1 amide bonds. The minimum absolute atomic E-state index is 0.0835. The van der Waals surface area contributed by atoms with Gasteiger partial charge in [-0.25, -0.2) is 8.42 Å². The summed E-state index contributed by atoms with van der Waals surface area (Å²) in [4.78, 5) is 20.0. The molecule has 210 valence electrons. The first-order chi connectivity index (χ1) is 18.4. The van der Waals surface area contributed by atoms with Gasteiger partial charge in [0, 0.05) is 35.7 Å². The average molecular weight is 553 g/mol. The van der Waals surface area contributed by atoms with Gasteiger partial charge in [0.2, 0.25) is 21.8 Å². The number of aromatic nitrogens is 2. The number of nitrogens with zero attached hydrogens (tertiary/aromatic N) is 3. The van der Waals surface area contributed by atoms with Gasteiger partial charge in [-0.2, -0.15) is 4.98 Å². The molecule has 0 radical (unpaired) electrons. The quantitative estimate of drug-likeness (QED) is 0.284. The van der Waals surface area contributed by atoms with E-state index in [4.69, 9.17) is 4.52 Å². The lowest BCUT2D eigenvalue weighted by atomic mass is 9.75. The third kappa shape index (κ3) is 7.91. The van der Waals surface area contributed by atoms with Crippen molar-refractivity contribution in [2.24, 2.45) is 11.8 Å². The molecule has 8 nitrogen and oxygen atoms in total. The Hall–Kier alpha value is -3.20. The predicted octanol–water partition coefficient (Wildman–Crippen LogP) is 6.20. The number of anilines is 2. The van der Waals surface area contributed by atoms with Crippen LogP contribution in [-0.2, 0) is 26.7 Å². The van der Waals surface area contributed by atoms with E-state index in [1.54, 1.807) is 12.1 Å². The van der Waals surface area contributed by atoms with Crippen LogP contribution in [0.3, 0.4) is 0 Å². The monoisotopic (exact) mass is 552 g/mol. The second kappa shape index (κ2) is 11.9. The van der Waals surface area contributed by atoms with Crippen LogP contribution in [0.1, 0.15) is 71.5 Å². The fourth-order valence-corrected chi connectivity index (χ4v) is 5.44. The second-order valence-electron chi connectivity index (χ2n) is 11.8. The number of benzene rings is 2. The highest BCUT2D eigenvalue weighted by Crippen LogP contribution is 2.36. The van der Waals surface area contributed by atoms with Gasteiger partial charge in [-0.1, -0.05) is 63.5 Å². The summed E-state index contributed by atoms with van der Waals surface area (Å²) in [5.74, 6) is 2.28. The van der Waals surface area contributed by atoms with Crippen LogP contribution in [0.4, 0.5) is 11.4 Å². The molecule has 1 aliphatic rings. The zero-order valence-corrected chi connectivity index (χ0v) is 24.4. The highest BCUT2D eigenvalue weighted by atomic mass is 32.2. The molecule has 4 rings (SSSR count). The minimum Gasteiger partial charge on any atom is -0.339 e. The third-order valence-electron chi connectivity index (χ3n) is 7.06. The van der Waals surface area contributed by atoms with Crippen LogP contribution >= 0.6 is 0 Å². The van der Waals surface area contributed by atoms with Gasteiger partial charge in [-0.3, -0.25) is 9.52 Å². The first kappa shape index (κ1) is 28.8.